The average molecular weight is 169 g/mol. The smallest absolute Gasteiger partial charge is 0.188 e. The van der Waals surface area contributed by atoms with Crippen LogP contribution in [0, 0.1) is 11.8 Å². The molecule has 0 aromatic rings. The minimum atomic E-state index is 0.564. The zero-order valence-corrected chi connectivity index (χ0v) is 8.01. The molecule has 1 fully saturated rings. The Balaban J connectivity index is 2.16. The standard InChI is InChI=1S/C9H19N3/c1-7-3-4-8(5-7)6-12-9(10)11-2/h7-8H,3-6H2,1-2H3,(H3,10,11,12). The van der Waals surface area contributed by atoms with Gasteiger partial charge in [-0.15, -0.1) is 0 Å². The Labute approximate surface area is 74.4 Å². The van der Waals surface area contributed by atoms with E-state index in [1.54, 1.807) is 7.05 Å². The molecule has 12 heavy (non-hydrogen) atoms. The number of rotatable bonds is 2. The molecule has 3 N–H and O–H groups in total. The summed E-state index contributed by atoms with van der Waals surface area (Å²) < 4.78 is 0. The molecular weight excluding hydrogens is 150 g/mol. The van der Waals surface area contributed by atoms with Crippen LogP contribution in [0.15, 0.2) is 4.99 Å². The van der Waals surface area contributed by atoms with Crippen molar-refractivity contribution in [1.29, 1.82) is 0 Å². The second kappa shape index (κ2) is 4.33. The quantitative estimate of drug-likeness (QED) is 0.478. The lowest BCUT2D eigenvalue weighted by molar-refractivity contribution is 0.506. The minimum Gasteiger partial charge on any atom is -0.370 e. The highest BCUT2D eigenvalue weighted by Gasteiger charge is 2.20. The van der Waals surface area contributed by atoms with Crippen molar-refractivity contribution in [3.05, 3.63) is 0 Å². The van der Waals surface area contributed by atoms with Gasteiger partial charge in [0, 0.05) is 13.6 Å². The Bertz CT molecular complexity index is 165. The van der Waals surface area contributed by atoms with Crippen molar-refractivity contribution >= 4 is 5.96 Å². The summed E-state index contributed by atoms with van der Waals surface area (Å²) in [5.41, 5.74) is 5.52. The molecule has 0 aromatic carbocycles. The molecule has 0 amide bonds. The van der Waals surface area contributed by atoms with Gasteiger partial charge in [0.15, 0.2) is 5.96 Å². The molecule has 0 aliphatic heterocycles. The van der Waals surface area contributed by atoms with Gasteiger partial charge < -0.3 is 11.1 Å². The highest BCUT2D eigenvalue weighted by Crippen LogP contribution is 2.29. The molecular formula is C9H19N3. The van der Waals surface area contributed by atoms with Gasteiger partial charge in [-0.3, -0.25) is 4.99 Å². The van der Waals surface area contributed by atoms with Crippen LogP contribution in [-0.4, -0.2) is 19.6 Å². The highest BCUT2D eigenvalue weighted by molar-refractivity contribution is 5.77. The van der Waals surface area contributed by atoms with Gasteiger partial charge in [-0.25, -0.2) is 0 Å². The average Bonchev–Trinajstić information content (AvgIpc) is 2.47. The van der Waals surface area contributed by atoms with Crippen LogP contribution in [0.25, 0.3) is 0 Å². The third kappa shape index (κ3) is 2.72. The first-order chi connectivity index (χ1) is 5.72. The summed E-state index contributed by atoms with van der Waals surface area (Å²) in [7, 11) is 1.71. The summed E-state index contributed by atoms with van der Waals surface area (Å²) in [6.45, 7) is 3.31. The SMILES string of the molecule is CN=C(N)NCC1CCC(C)C1. The maximum Gasteiger partial charge on any atom is 0.188 e. The fraction of sp³-hybridized carbons (Fsp3) is 0.889. The highest BCUT2D eigenvalue weighted by atomic mass is 15.1. The van der Waals surface area contributed by atoms with Crippen LogP contribution >= 0.6 is 0 Å². The maximum absolute atomic E-state index is 5.52. The van der Waals surface area contributed by atoms with Crippen LogP contribution in [0.4, 0.5) is 0 Å². The predicted molar refractivity (Wildman–Crippen MR) is 52.1 cm³/mol. The molecule has 0 heterocycles. The maximum atomic E-state index is 5.52. The molecule has 70 valence electrons. The number of hydrogen-bond donors (Lipinski definition) is 2. The zero-order chi connectivity index (χ0) is 8.97. The largest absolute Gasteiger partial charge is 0.370 e. The molecule has 0 radical (unpaired) electrons. The fourth-order valence-electron chi connectivity index (χ4n) is 1.84. The van der Waals surface area contributed by atoms with E-state index in [-0.39, 0.29) is 0 Å². The monoisotopic (exact) mass is 169 g/mol. The van der Waals surface area contributed by atoms with E-state index in [1.165, 1.54) is 19.3 Å². The fourth-order valence-corrected chi connectivity index (χ4v) is 1.84. The summed E-state index contributed by atoms with van der Waals surface area (Å²) in [5.74, 6) is 2.27. The minimum absolute atomic E-state index is 0.564. The normalized spacial score (nSPS) is 30.7. The zero-order valence-electron chi connectivity index (χ0n) is 8.01. The van der Waals surface area contributed by atoms with Crippen molar-refractivity contribution in [2.45, 2.75) is 26.2 Å². The van der Waals surface area contributed by atoms with Gasteiger partial charge in [-0.05, 0) is 24.7 Å². The first-order valence-corrected chi connectivity index (χ1v) is 4.68. The molecule has 0 spiro atoms. The summed E-state index contributed by atoms with van der Waals surface area (Å²) in [6, 6.07) is 0. The third-order valence-corrected chi connectivity index (χ3v) is 2.62. The van der Waals surface area contributed by atoms with Crippen molar-refractivity contribution in [3.63, 3.8) is 0 Å². The molecule has 3 nitrogen and oxygen atoms in total. The van der Waals surface area contributed by atoms with Crippen molar-refractivity contribution in [2.24, 2.45) is 22.6 Å². The van der Waals surface area contributed by atoms with E-state index in [9.17, 15) is 0 Å². The van der Waals surface area contributed by atoms with E-state index in [4.69, 9.17) is 5.73 Å². The molecule has 1 rings (SSSR count). The second-order valence-electron chi connectivity index (χ2n) is 3.77. The molecule has 1 saturated carbocycles. The van der Waals surface area contributed by atoms with E-state index in [1.807, 2.05) is 0 Å². The lowest BCUT2D eigenvalue weighted by Gasteiger charge is -2.10. The summed E-state index contributed by atoms with van der Waals surface area (Å²) >= 11 is 0. The Morgan fingerprint density at radius 1 is 1.58 bits per heavy atom. The Morgan fingerprint density at radius 2 is 2.33 bits per heavy atom. The van der Waals surface area contributed by atoms with Crippen molar-refractivity contribution in [3.8, 4) is 0 Å². The van der Waals surface area contributed by atoms with E-state index in [2.05, 4.69) is 17.2 Å². The van der Waals surface area contributed by atoms with Crippen molar-refractivity contribution in [2.75, 3.05) is 13.6 Å². The first kappa shape index (κ1) is 9.36. The molecule has 2 atom stereocenters. The van der Waals surface area contributed by atoms with Gasteiger partial charge in [0.05, 0.1) is 0 Å². The van der Waals surface area contributed by atoms with E-state index in [0.29, 0.717) is 5.96 Å². The predicted octanol–water partition coefficient (Wildman–Crippen LogP) is 0.957. The number of guanidine groups is 1. The lowest BCUT2D eigenvalue weighted by atomic mass is 10.1. The van der Waals surface area contributed by atoms with Gasteiger partial charge >= 0.3 is 0 Å². The molecule has 3 heteroatoms. The molecule has 1 aliphatic carbocycles. The Hall–Kier alpha value is -0.730. The Morgan fingerprint density at radius 3 is 2.83 bits per heavy atom. The van der Waals surface area contributed by atoms with Crippen LogP contribution in [0.3, 0.4) is 0 Å². The molecule has 0 saturated heterocycles. The Kier molecular flexibility index (Phi) is 3.38. The van der Waals surface area contributed by atoms with Gasteiger partial charge in [0.25, 0.3) is 0 Å². The molecule has 2 unspecified atom stereocenters. The number of hydrogen-bond acceptors (Lipinski definition) is 1. The van der Waals surface area contributed by atoms with Crippen LogP contribution in [0.1, 0.15) is 26.2 Å². The molecule has 1 aliphatic rings. The molecule has 0 aromatic heterocycles. The van der Waals surface area contributed by atoms with Crippen molar-refractivity contribution in [1.82, 2.24) is 5.32 Å². The van der Waals surface area contributed by atoms with E-state index >= 15 is 0 Å². The van der Waals surface area contributed by atoms with Gasteiger partial charge in [0.2, 0.25) is 0 Å². The number of nitrogens with zero attached hydrogens (tertiary/aromatic N) is 1. The van der Waals surface area contributed by atoms with E-state index in [0.717, 1.165) is 18.4 Å². The second-order valence-corrected chi connectivity index (χ2v) is 3.77. The van der Waals surface area contributed by atoms with Crippen molar-refractivity contribution < 1.29 is 0 Å². The third-order valence-electron chi connectivity index (χ3n) is 2.62. The van der Waals surface area contributed by atoms with Crippen LogP contribution in [0.5, 0.6) is 0 Å². The van der Waals surface area contributed by atoms with Crippen LogP contribution in [0.2, 0.25) is 0 Å². The van der Waals surface area contributed by atoms with Gasteiger partial charge in [0.1, 0.15) is 0 Å². The van der Waals surface area contributed by atoms with E-state index < -0.39 is 0 Å². The molecule has 0 bridgehead atoms. The topological polar surface area (TPSA) is 50.4 Å². The lowest BCUT2D eigenvalue weighted by Crippen LogP contribution is -2.34. The summed E-state index contributed by atoms with van der Waals surface area (Å²) in [4.78, 5) is 3.85. The van der Waals surface area contributed by atoms with Crippen LogP contribution < -0.4 is 11.1 Å². The van der Waals surface area contributed by atoms with Gasteiger partial charge in [-0.1, -0.05) is 13.3 Å². The summed E-state index contributed by atoms with van der Waals surface area (Å²) in [6.07, 6.45) is 4.05. The number of nitrogens with two attached hydrogens (primary N) is 1. The number of nitrogens with one attached hydrogen (secondary N) is 1. The van der Waals surface area contributed by atoms with Gasteiger partial charge in [-0.2, -0.15) is 0 Å². The van der Waals surface area contributed by atoms with Crippen LogP contribution in [-0.2, 0) is 0 Å². The first-order valence-electron chi connectivity index (χ1n) is 4.68. The summed E-state index contributed by atoms with van der Waals surface area (Å²) in [5, 5.41) is 3.12. The number of aliphatic imine (C=N–C) groups is 1.